The van der Waals surface area contributed by atoms with Crippen LogP contribution in [0.4, 0.5) is 0 Å². The first kappa shape index (κ1) is 16.4. The van der Waals surface area contributed by atoms with E-state index in [1.54, 1.807) is 7.05 Å². The maximum Gasteiger partial charge on any atom is 0.264 e. The van der Waals surface area contributed by atoms with Crippen molar-refractivity contribution in [1.29, 1.82) is 0 Å². The number of nitrogens with zero attached hydrogens (tertiary/aromatic N) is 1. The molecular weight excluding hydrogens is 280 g/mol. The molecule has 0 saturated carbocycles. The molecule has 0 aliphatic rings. The third-order valence-electron chi connectivity index (χ3n) is 2.90. The zero-order valence-electron chi connectivity index (χ0n) is 11.9. The van der Waals surface area contributed by atoms with Crippen LogP contribution in [0, 0.1) is 5.92 Å². The second-order valence-corrected chi connectivity index (χ2v) is 6.74. The zero-order valence-corrected chi connectivity index (χ0v) is 12.7. The molecular formula is C13H20N2O4S. The van der Waals surface area contributed by atoms with E-state index in [0.29, 0.717) is 0 Å². The Hall–Kier alpha value is -1.63. The van der Waals surface area contributed by atoms with E-state index in [1.165, 1.54) is 16.8 Å². The van der Waals surface area contributed by atoms with Gasteiger partial charge in [-0.1, -0.05) is 20.3 Å². The van der Waals surface area contributed by atoms with Crippen LogP contribution < -0.4 is 10.3 Å². The standard InChI is InChI=1S/C13H20N2O4S/c1-4-5-10(2)9-20(18,19)14-13(17)11-6-7-15(3)12(16)8-11/h6-8,10H,4-5,9H2,1-3H3,(H,14,17). The number of carbonyl (C=O) groups excluding carboxylic acids is 1. The average Bonchev–Trinajstić information content (AvgIpc) is 2.31. The Balaban J connectivity index is 2.79. The Morgan fingerprint density at radius 1 is 1.45 bits per heavy atom. The lowest BCUT2D eigenvalue weighted by Crippen LogP contribution is -2.35. The van der Waals surface area contributed by atoms with Crippen LogP contribution in [0.3, 0.4) is 0 Å². The van der Waals surface area contributed by atoms with Gasteiger partial charge >= 0.3 is 0 Å². The predicted octanol–water partition coefficient (Wildman–Crippen LogP) is 0.881. The summed E-state index contributed by atoms with van der Waals surface area (Å²) in [5, 5.41) is 0. The molecule has 0 bridgehead atoms. The molecule has 1 heterocycles. The van der Waals surface area contributed by atoms with Gasteiger partial charge < -0.3 is 4.57 Å². The number of pyridine rings is 1. The molecule has 1 aromatic rings. The quantitative estimate of drug-likeness (QED) is 0.845. The van der Waals surface area contributed by atoms with Crippen LogP contribution in [-0.4, -0.2) is 24.6 Å². The summed E-state index contributed by atoms with van der Waals surface area (Å²) in [4.78, 5) is 23.2. The summed E-state index contributed by atoms with van der Waals surface area (Å²) in [6.45, 7) is 3.80. The number of hydrogen-bond donors (Lipinski definition) is 1. The number of rotatable bonds is 6. The van der Waals surface area contributed by atoms with Crippen LogP contribution >= 0.6 is 0 Å². The van der Waals surface area contributed by atoms with Crippen molar-refractivity contribution in [1.82, 2.24) is 9.29 Å². The minimum absolute atomic E-state index is 0.0195. The van der Waals surface area contributed by atoms with Crippen LogP contribution in [0.2, 0.25) is 0 Å². The molecule has 1 amide bonds. The van der Waals surface area contributed by atoms with Gasteiger partial charge in [0.1, 0.15) is 0 Å². The van der Waals surface area contributed by atoms with E-state index in [1.807, 2.05) is 18.6 Å². The largest absolute Gasteiger partial charge is 0.319 e. The lowest BCUT2D eigenvalue weighted by molar-refractivity contribution is 0.0981. The molecule has 1 aromatic heterocycles. The molecule has 7 heteroatoms. The van der Waals surface area contributed by atoms with Gasteiger partial charge in [0.15, 0.2) is 0 Å². The Kier molecular flexibility index (Phi) is 5.50. The highest BCUT2D eigenvalue weighted by Gasteiger charge is 2.19. The molecule has 1 atom stereocenters. The fourth-order valence-electron chi connectivity index (χ4n) is 1.88. The highest BCUT2D eigenvalue weighted by Crippen LogP contribution is 2.08. The van der Waals surface area contributed by atoms with E-state index in [2.05, 4.69) is 0 Å². The summed E-state index contributed by atoms with van der Waals surface area (Å²) >= 11 is 0. The number of aryl methyl sites for hydroxylation is 1. The molecule has 6 nitrogen and oxygen atoms in total. The monoisotopic (exact) mass is 300 g/mol. The molecule has 0 radical (unpaired) electrons. The van der Waals surface area contributed by atoms with Gasteiger partial charge in [0, 0.05) is 24.9 Å². The molecule has 0 spiro atoms. The normalized spacial score (nSPS) is 12.9. The summed E-state index contributed by atoms with van der Waals surface area (Å²) < 4.78 is 27.0. The summed E-state index contributed by atoms with van der Waals surface area (Å²) in [6, 6.07) is 2.52. The Labute approximate surface area is 118 Å². The molecule has 20 heavy (non-hydrogen) atoms. The SMILES string of the molecule is CCCC(C)CS(=O)(=O)NC(=O)c1ccn(C)c(=O)c1. The van der Waals surface area contributed by atoms with Crippen molar-refractivity contribution in [2.24, 2.45) is 13.0 Å². The molecule has 0 aliphatic carbocycles. The van der Waals surface area contributed by atoms with Crippen molar-refractivity contribution in [3.05, 3.63) is 34.2 Å². The van der Waals surface area contributed by atoms with E-state index in [0.717, 1.165) is 18.9 Å². The number of hydrogen-bond acceptors (Lipinski definition) is 4. The minimum atomic E-state index is -3.68. The van der Waals surface area contributed by atoms with Gasteiger partial charge in [0.05, 0.1) is 5.75 Å². The number of nitrogens with one attached hydrogen (secondary N) is 1. The molecule has 0 aliphatic heterocycles. The van der Waals surface area contributed by atoms with Crippen molar-refractivity contribution in [3.8, 4) is 0 Å². The van der Waals surface area contributed by atoms with Crippen LogP contribution in [-0.2, 0) is 17.1 Å². The maximum atomic E-state index is 11.8. The minimum Gasteiger partial charge on any atom is -0.319 e. The van der Waals surface area contributed by atoms with Gasteiger partial charge in [-0.2, -0.15) is 0 Å². The molecule has 0 fully saturated rings. The van der Waals surface area contributed by atoms with E-state index in [-0.39, 0.29) is 22.8 Å². The summed E-state index contributed by atoms with van der Waals surface area (Å²) in [7, 11) is -2.13. The van der Waals surface area contributed by atoms with Crippen LogP contribution in [0.25, 0.3) is 0 Å². The molecule has 1 unspecified atom stereocenters. The Morgan fingerprint density at radius 3 is 2.65 bits per heavy atom. The van der Waals surface area contributed by atoms with Crippen LogP contribution in [0.15, 0.2) is 23.1 Å². The van der Waals surface area contributed by atoms with Gasteiger partial charge in [0.2, 0.25) is 10.0 Å². The maximum absolute atomic E-state index is 11.8. The molecule has 112 valence electrons. The van der Waals surface area contributed by atoms with Gasteiger partial charge in [-0.05, 0) is 18.4 Å². The second-order valence-electron chi connectivity index (χ2n) is 4.97. The lowest BCUT2D eigenvalue weighted by atomic mass is 10.1. The number of carbonyl (C=O) groups is 1. The van der Waals surface area contributed by atoms with Gasteiger partial charge in [0.25, 0.3) is 11.5 Å². The number of sulfonamides is 1. The van der Waals surface area contributed by atoms with Crippen molar-refractivity contribution in [3.63, 3.8) is 0 Å². The molecule has 1 N–H and O–H groups in total. The summed E-state index contributed by atoms with van der Waals surface area (Å²) in [5.41, 5.74) is -0.325. The Morgan fingerprint density at radius 2 is 2.10 bits per heavy atom. The third kappa shape index (κ3) is 4.80. The third-order valence-corrected chi connectivity index (χ3v) is 4.40. The van der Waals surface area contributed by atoms with Crippen molar-refractivity contribution < 1.29 is 13.2 Å². The second kappa shape index (κ2) is 6.69. The van der Waals surface area contributed by atoms with E-state index in [9.17, 15) is 18.0 Å². The first-order valence-electron chi connectivity index (χ1n) is 6.46. The van der Waals surface area contributed by atoms with Crippen LogP contribution in [0.5, 0.6) is 0 Å². The topological polar surface area (TPSA) is 85.2 Å². The molecule has 0 saturated heterocycles. The summed E-state index contributed by atoms with van der Waals surface area (Å²) in [5.74, 6) is -0.891. The lowest BCUT2D eigenvalue weighted by Gasteiger charge is -2.11. The number of amides is 1. The predicted molar refractivity (Wildman–Crippen MR) is 77.0 cm³/mol. The van der Waals surface area contributed by atoms with Crippen molar-refractivity contribution >= 4 is 15.9 Å². The summed E-state index contributed by atoms with van der Waals surface area (Å²) in [6.07, 6.45) is 3.09. The molecule has 0 aromatic carbocycles. The smallest absolute Gasteiger partial charge is 0.264 e. The fraction of sp³-hybridized carbons (Fsp3) is 0.538. The highest BCUT2D eigenvalue weighted by atomic mass is 32.2. The van der Waals surface area contributed by atoms with E-state index < -0.39 is 15.9 Å². The van der Waals surface area contributed by atoms with E-state index >= 15 is 0 Å². The van der Waals surface area contributed by atoms with Gasteiger partial charge in [-0.15, -0.1) is 0 Å². The average molecular weight is 300 g/mol. The molecule has 1 rings (SSSR count). The van der Waals surface area contributed by atoms with Crippen molar-refractivity contribution in [2.45, 2.75) is 26.7 Å². The zero-order chi connectivity index (χ0) is 15.3. The van der Waals surface area contributed by atoms with Gasteiger partial charge in [-0.3, -0.25) is 9.59 Å². The van der Waals surface area contributed by atoms with E-state index in [4.69, 9.17) is 0 Å². The first-order valence-corrected chi connectivity index (χ1v) is 8.12. The van der Waals surface area contributed by atoms with Gasteiger partial charge in [-0.25, -0.2) is 13.1 Å². The number of aromatic nitrogens is 1. The first-order chi connectivity index (χ1) is 9.25. The Bertz CT molecular complexity index is 634. The van der Waals surface area contributed by atoms with Crippen LogP contribution in [0.1, 0.15) is 37.0 Å². The highest BCUT2D eigenvalue weighted by molar-refractivity contribution is 7.90. The van der Waals surface area contributed by atoms with Crippen molar-refractivity contribution in [2.75, 3.05) is 5.75 Å². The fourth-order valence-corrected chi connectivity index (χ4v) is 3.28.